The average molecular weight is 308 g/mol. The predicted octanol–water partition coefficient (Wildman–Crippen LogP) is 2.39. The summed E-state index contributed by atoms with van der Waals surface area (Å²) in [7, 11) is 1.51. The van der Waals surface area contributed by atoms with Gasteiger partial charge in [-0.1, -0.05) is 30.3 Å². The Balaban J connectivity index is 0. The van der Waals surface area contributed by atoms with E-state index in [0.29, 0.717) is 11.3 Å². The topological polar surface area (TPSA) is 104 Å². The third kappa shape index (κ3) is 4.47. The molecule has 0 aliphatic heterocycles. The van der Waals surface area contributed by atoms with E-state index in [1.807, 2.05) is 6.07 Å². The number of hydrogen-bond acceptors (Lipinski definition) is 3. The SMILES string of the molecule is COc1ccc(C(=O)c2ccccc2)c(O)c1.[O-2].[O-2].[Ti+4]. The van der Waals surface area contributed by atoms with Crippen LogP contribution in [0.3, 0.4) is 0 Å². The predicted molar refractivity (Wildman–Crippen MR) is 65.9 cm³/mol. The number of carbonyl (C=O) groups excluding carboxylic acids is 1. The van der Waals surface area contributed by atoms with E-state index in [4.69, 9.17) is 4.74 Å². The monoisotopic (exact) mass is 308 g/mol. The van der Waals surface area contributed by atoms with Crippen LogP contribution in [0.1, 0.15) is 15.9 Å². The molecular formula is C14H12O5Ti. The maximum absolute atomic E-state index is 12.1. The van der Waals surface area contributed by atoms with Crippen LogP contribution in [0.5, 0.6) is 11.5 Å². The van der Waals surface area contributed by atoms with Crippen LogP contribution in [0, 0.1) is 0 Å². The second-order valence-corrected chi connectivity index (χ2v) is 3.58. The van der Waals surface area contributed by atoms with E-state index >= 15 is 0 Å². The zero-order valence-electron chi connectivity index (χ0n) is 10.7. The molecule has 5 nitrogen and oxygen atoms in total. The Morgan fingerprint density at radius 1 is 1.05 bits per heavy atom. The molecule has 2 rings (SSSR count). The van der Waals surface area contributed by atoms with Gasteiger partial charge < -0.3 is 20.8 Å². The number of aromatic hydroxyl groups is 1. The molecule has 0 bridgehead atoms. The molecule has 1 N–H and O–H groups in total. The van der Waals surface area contributed by atoms with Crippen LogP contribution in [0.2, 0.25) is 0 Å². The first-order chi connectivity index (χ1) is 8.22. The molecule has 2 aromatic carbocycles. The van der Waals surface area contributed by atoms with Crippen LogP contribution >= 0.6 is 0 Å². The summed E-state index contributed by atoms with van der Waals surface area (Å²) in [4.78, 5) is 12.1. The number of methoxy groups -OCH3 is 1. The van der Waals surface area contributed by atoms with Gasteiger partial charge in [0.25, 0.3) is 0 Å². The maximum Gasteiger partial charge on any atom is 4.00 e. The average Bonchev–Trinajstić information content (AvgIpc) is 2.39. The molecule has 0 fully saturated rings. The van der Waals surface area contributed by atoms with Gasteiger partial charge in [-0.3, -0.25) is 4.79 Å². The summed E-state index contributed by atoms with van der Waals surface area (Å²) in [5, 5.41) is 9.75. The zero-order chi connectivity index (χ0) is 12.3. The minimum absolute atomic E-state index is 0. The van der Waals surface area contributed by atoms with Crippen LogP contribution in [0.15, 0.2) is 48.5 Å². The fourth-order valence-corrected chi connectivity index (χ4v) is 1.58. The number of rotatable bonds is 3. The molecule has 0 heterocycles. The van der Waals surface area contributed by atoms with Crippen LogP contribution in [-0.2, 0) is 32.7 Å². The second kappa shape index (κ2) is 9.28. The summed E-state index contributed by atoms with van der Waals surface area (Å²) in [6, 6.07) is 13.5. The molecule has 0 aliphatic carbocycles. The van der Waals surface area contributed by atoms with Crippen molar-refractivity contribution in [3.05, 3.63) is 59.7 Å². The van der Waals surface area contributed by atoms with Gasteiger partial charge >= 0.3 is 21.7 Å². The van der Waals surface area contributed by atoms with E-state index < -0.39 is 0 Å². The maximum atomic E-state index is 12.1. The van der Waals surface area contributed by atoms with Crippen LogP contribution in [-0.4, -0.2) is 18.0 Å². The van der Waals surface area contributed by atoms with E-state index in [2.05, 4.69) is 0 Å². The van der Waals surface area contributed by atoms with Gasteiger partial charge in [0.05, 0.1) is 12.7 Å². The summed E-state index contributed by atoms with van der Waals surface area (Å²) >= 11 is 0. The standard InChI is InChI=1S/C14H12O3.2O.Ti/c1-17-11-7-8-12(13(15)9-11)14(16)10-5-3-2-4-6-10;;;/h2-9,15H,1H3;;;/q;2*-2;+4. The Bertz CT molecular complexity index is 543. The smallest absolute Gasteiger partial charge is 2.00 e. The number of phenolic OH excluding ortho intramolecular Hbond substituents is 1. The van der Waals surface area contributed by atoms with Crippen molar-refractivity contribution in [1.82, 2.24) is 0 Å². The summed E-state index contributed by atoms with van der Waals surface area (Å²) in [6.45, 7) is 0. The van der Waals surface area contributed by atoms with Crippen molar-refractivity contribution in [2.75, 3.05) is 7.11 Å². The first kappa shape index (κ1) is 20.7. The van der Waals surface area contributed by atoms with Crippen molar-refractivity contribution in [2.24, 2.45) is 0 Å². The van der Waals surface area contributed by atoms with Crippen LogP contribution in [0.4, 0.5) is 0 Å². The van der Waals surface area contributed by atoms with Crippen LogP contribution in [0.25, 0.3) is 0 Å². The molecule has 102 valence electrons. The van der Waals surface area contributed by atoms with Gasteiger partial charge in [-0.05, 0) is 12.1 Å². The number of benzene rings is 2. The van der Waals surface area contributed by atoms with Crippen molar-refractivity contribution in [3.8, 4) is 11.5 Å². The molecule has 0 unspecified atom stereocenters. The van der Waals surface area contributed by atoms with Crippen molar-refractivity contribution in [2.45, 2.75) is 0 Å². The fourth-order valence-electron chi connectivity index (χ4n) is 1.58. The number of ketones is 1. The molecule has 0 aliphatic rings. The summed E-state index contributed by atoms with van der Waals surface area (Å²) < 4.78 is 4.96. The van der Waals surface area contributed by atoms with Crippen molar-refractivity contribution in [1.29, 1.82) is 0 Å². The van der Waals surface area contributed by atoms with E-state index in [0.717, 1.165) is 0 Å². The van der Waals surface area contributed by atoms with Gasteiger partial charge in [0, 0.05) is 11.6 Å². The number of ether oxygens (including phenoxy) is 1. The van der Waals surface area contributed by atoms with E-state index in [9.17, 15) is 9.90 Å². The van der Waals surface area contributed by atoms with Crippen molar-refractivity contribution in [3.63, 3.8) is 0 Å². The normalized spacial score (nSPS) is 8.45. The first-order valence-electron chi connectivity index (χ1n) is 5.19. The summed E-state index contributed by atoms with van der Waals surface area (Å²) in [6.07, 6.45) is 0. The quantitative estimate of drug-likeness (QED) is 0.695. The van der Waals surface area contributed by atoms with Gasteiger partial charge in [0.2, 0.25) is 0 Å². The van der Waals surface area contributed by atoms with Gasteiger partial charge in [-0.15, -0.1) is 0 Å². The second-order valence-electron chi connectivity index (χ2n) is 3.58. The van der Waals surface area contributed by atoms with E-state index in [1.54, 1.807) is 36.4 Å². The fraction of sp³-hybridized carbons (Fsp3) is 0.0714. The Morgan fingerprint density at radius 2 is 1.65 bits per heavy atom. The molecule has 0 amide bonds. The minimum Gasteiger partial charge on any atom is -2.00 e. The molecule has 6 heteroatoms. The van der Waals surface area contributed by atoms with Gasteiger partial charge in [0.1, 0.15) is 11.5 Å². The molecule has 0 atom stereocenters. The molecule has 0 saturated carbocycles. The van der Waals surface area contributed by atoms with Gasteiger partial charge in [-0.2, -0.15) is 0 Å². The Morgan fingerprint density at radius 3 is 2.15 bits per heavy atom. The molecule has 20 heavy (non-hydrogen) atoms. The Labute approximate surface area is 131 Å². The minimum atomic E-state index is -0.203. The molecule has 0 aromatic heterocycles. The Hall–Kier alpha value is -1.66. The zero-order valence-corrected chi connectivity index (χ0v) is 12.3. The van der Waals surface area contributed by atoms with Gasteiger partial charge in [-0.25, -0.2) is 0 Å². The largest absolute Gasteiger partial charge is 4.00 e. The van der Waals surface area contributed by atoms with Crippen LogP contribution < -0.4 is 4.74 Å². The summed E-state index contributed by atoms with van der Waals surface area (Å²) in [5.74, 6) is 0.246. The van der Waals surface area contributed by atoms with Crippen molar-refractivity contribution < 1.29 is 47.3 Å². The molecule has 0 radical (unpaired) electrons. The molecular weight excluding hydrogens is 296 g/mol. The van der Waals surface area contributed by atoms with Crippen molar-refractivity contribution >= 4 is 5.78 Å². The third-order valence-corrected chi connectivity index (χ3v) is 2.49. The summed E-state index contributed by atoms with van der Waals surface area (Å²) in [5.41, 5.74) is 0.824. The third-order valence-electron chi connectivity index (χ3n) is 2.49. The Kier molecular flexibility index (Phi) is 9.59. The number of hydrogen-bond donors (Lipinski definition) is 1. The molecule has 0 saturated heterocycles. The molecule has 2 aromatic rings. The number of phenols is 1. The van der Waals surface area contributed by atoms with E-state index in [-0.39, 0.29) is 49.8 Å². The first-order valence-corrected chi connectivity index (χ1v) is 5.19. The number of carbonyl (C=O) groups is 1. The molecule has 0 spiro atoms. The van der Waals surface area contributed by atoms with E-state index in [1.165, 1.54) is 13.2 Å². The van der Waals surface area contributed by atoms with Gasteiger partial charge in [0.15, 0.2) is 5.78 Å².